The number of nitrogens with zero attached hydrogens (tertiary/aromatic N) is 6. The Kier molecular flexibility index (Phi) is 3.42. The molecule has 0 fully saturated rings. The molecule has 4 heterocycles. The monoisotopic (exact) mass is 358 g/mol. The first-order valence-electron chi connectivity index (χ1n) is 8.32. The highest BCUT2D eigenvalue weighted by Gasteiger charge is 2.12. The minimum atomic E-state index is -0.334. The summed E-state index contributed by atoms with van der Waals surface area (Å²) in [4.78, 5) is 22.9. The zero-order valence-electron chi connectivity index (χ0n) is 14.1. The van der Waals surface area contributed by atoms with Gasteiger partial charge >= 0.3 is 5.69 Å². The van der Waals surface area contributed by atoms with Crippen molar-refractivity contribution in [2.24, 2.45) is 0 Å². The lowest BCUT2D eigenvalue weighted by molar-refractivity contribution is 0.753. The summed E-state index contributed by atoms with van der Waals surface area (Å²) in [6.45, 7) is 0.389. The SMILES string of the molecule is O=c1[nH]nc(Cn2ccnc2-c2cnc3c(-c4ccccc4)cnn3c2)[nH]1. The second-order valence-electron chi connectivity index (χ2n) is 6.04. The summed E-state index contributed by atoms with van der Waals surface area (Å²) in [6, 6.07) is 10.0. The Balaban J connectivity index is 1.53. The molecule has 0 saturated heterocycles. The molecule has 0 amide bonds. The summed E-state index contributed by atoms with van der Waals surface area (Å²) in [5.74, 6) is 1.24. The Labute approximate surface area is 152 Å². The van der Waals surface area contributed by atoms with Crippen LogP contribution < -0.4 is 5.69 Å². The third kappa shape index (κ3) is 2.71. The minimum absolute atomic E-state index is 0.334. The Morgan fingerprint density at radius 1 is 1.04 bits per heavy atom. The van der Waals surface area contributed by atoms with Crippen LogP contribution in [-0.2, 0) is 6.54 Å². The van der Waals surface area contributed by atoms with Crippen LogP contribution in [0.3, 0.4) is 0 Å². The molecule has 2 N–H and O–H groups in total. The predicted molar refractivity (Wildman–Crippen MR) is 98.0 cm³/mol. The molecule has 0 atom stereocenters. The fourth-order valence-corrected chi connectivity index (χ4v) is 3.05. The Bertz CT molecular complexity index is 1280. The van der Waals surface area contributed by atoms with Crippen LogP contribution in [0.25, 0.3) is 28.2 Å². The Hall–Kier alpha value is -4.01. The van der Waals surface area contributed by atoms with Crippen molar-refractivity contribution in [2.45, 2.75) is 6.54 Å². The number of aromatic nitrogens is 8. The summed E-state index contributed by atoms with van der Waals surface area (Å²) >= 11 is 0. The number of benzene rings is 1. The summed E-state index contributed by atoms with van der Waals surface area (Å²) < 4.78 is 3.63. The van der Waals surface area contributed by atoms with E-state index >= 15 is 0 Å². The third-order valence-electron chi connectivity index (χ3n) is 4.29. The van der Waals surface area contributed by atoms with E-state index < -0.39 is 0 Å². The number of rotatable bonds is 4. The van der Waals surface area contributed by atoms with Gasteiger partial charge in [0.15, 0.2) is 11.5 Å². The van der Waals surface area contributed by atoms with Gasteiger partial charge in [-0.25, -0.2) is 24.4 Å². The first-order valence-corrected chi connectivity index (χ1v) is 8.32. The van der Waals surface area contributed by atoms with E-state index in [0.29, 0.717) is 18.2 Å². The first-order chi connectivity index (χ1) is 13.3. The van der Waals surface area contributed by atoms with Gasteiger partial charge < -0.3 is 4.57 Å². The number of hydrogen-bond donors (Lipinski definition) is 2. The van der Waals surface area contributed by atoms with Gasteiger partial charge in [0.1, 0.15) is 5.82 Å². The van der Waals surface area contributed by atoms with Gasteiger partial charge in [-0.15, -0.1) is 0 Å². The summed E-state index contributed by atoms with van der Waals surface area (Å²) in [6.07, 6.45) is 8.99. The van der Waals surface area contributed by atoms with Crippen LogP contribution in [0.2, 0.25) is 0 Å². The van der Waals surface area contributed by atoms with E-state index in [4.69, 9.17) is 0 Å². The zero-order valence-corrected chi connectivity index (χ0v) is 14.1. The molecule has 0 saturated carbocycles. The van der Waals surface area contributed by atoms with Crippen LogP contribution in [0, 0.1) is 0 Å². The standard InChI is InChI=1S/C18H14N8O/c27-18-22-15(23-24-18)11-25-7-6-19-16(25)13-8-20-17-14(9-21-26(17)10-13)12-4-2-1-3-5-12/h1-10H,11H2,(H2,22,23,24,27). The average molecular weight is 358 g/mol. The Morgan fingerprint density at radius 2 is 1.93 bits per heavy atom. The van der Waals surface area contributed by atoms with Crippen molar-refractivity contribution in [2.75, 3.05) is 0 Å². The van der Waals surface area contributed by atoms with Crippen LogP contribution >= 0.6 is 0 Å². The molecule has 0 spiro atoms. The van der Waals surface area contributed by atoms with Gasteiger partial charge in [-0.1, -0.05) is 30.3 Å². The maximum absolute atomic E-state index is 11.2. The summed E-state index contributed by atoms with van der Waals surface area (Å²) in [7, 11) is 0. The lowest BCUT2D eigenvalue weighted by Crippen LogP contribution is -2.06. The van der Waals surface area contributed by atoms with Gasteiger partial charge in [-0.05, 0) is 5.56 Å². The topological polar surface area (TPSA) is 110 Å². The fourth-order valence-electron chi connectivity index (χ4n) is 3.05. The van der Waals surface area contributed by atoms with Crippen LogP contribution in [0.4, 0.5) is 0 Å². The number of H-pyrrole nitrogens is 2. The number of fused-ring (bicyclic) bond motifs is 1. The molecule has 0 aliphatic carbocycles. The molecule has 9 nitrogen and oxygen atoms in total. The highest BCUT2D eigenvalue weighted by molar-refractivity contribution is 5.77. The van der Waals surface area contributed by atoms with Gasteiger partial charge in [0, 0.05) is 30.4 Å². The molecule has 0 radical (unpaired) electrons. The van der Waals surface area contributed by atoms with Gasteiger partial charge in [0.2, 0.25) is 0 Å². The quantitative estimate of drug-likeness (QED) is 0.508. The summed E-state index contributed by atoms with van der Waals surface area (Å²) in [5.41, 5.74) is 3.30. The first kappa shape index (κ1) is 15.3. The van der Waals surface area contributed by atoms with Crippen molar-refractivity contribution >= 4 is 5.65 Å². The van der Waals surface area contributed by atoms with E-state index in [1.54, 1.807) is 16.9 Å². The number of hydrogen-bond acceptors (Lipinski definition) is 5. The van der Waals surface area contributed by atoms with Crippen LogP contribution in [0.5, 0.6) is 0 Å². The van der Waals surface area contributed by atoms with E-state index in [1.165, 1.54) is 0 Å². The maximum Gasteiger partial charge on any atom is 0.340 e. The lowest BCUT2D eigenvalue weighted by Gasteiger charge is -2.06. The molecule has 27 heavy (non-hydrogen) atoms. The van der Waals surface area contributed by atoms with Crippen LogP contribution in [0.1, 0.15) is 5.82 Å². The Morgan fingerprint density at radius 3 is 2.74 bits per heavy atom. The highest BCUT2D eigenvalue weighted by atomic mass is 16.1. The predicted octanol–water partition coefficient (Wildman–Crippen LogP) is 1.72. The van der Waals surface area contributed by atoms with Gasteiger partial charge in [0.05, 0.1) is 18.3 Å². The van der Waals surface area contributed by atoms with Crippen molar-refractivity contribution in [1.82, 2.24) is 39.3 Å². The average Bonchev–Trinajstić information content (AvgIpc) is 3.42. The molecular formula is C18H14N8O. The van der Waals surface area contributed by atoms with Crippen molar-refractivity contribution in [3.63, 3.8) is 0 Å². The molecule has 4 aromatic heterocycles. The lowest BCUT2D eigenvalue weighted by atomic mass is 10.1. The van der Waals surface area contributed by atoms with Gasteiger partial charge in [-0.2, -0.15) is 10.2 Å². The van der Waals surface area contributed by atoms with E-state index in [0.717, 1.165) is 22.3 Å². The largest absolute Gasteiger partial charge is 0.340 e. The second kappa shape index (κ2) is 6.06. The van der Waals surface area contributed by atoms with Crippen molar-refractivity contribution in [3.8, 4) is 22.5 Å². The smallest absolute Gasteiger partial charge is 0.323 e. The molecule has 5 aromatic rings. The van der Waals surface area contributed by atoms with Gasteiger partial charge in [-0.3, -0.25) is 4.98 Å². The van der Waals surface area contributed by atoms with Crippen molar-refractivity contribution < 1.29 is 0 Å². The molecule has 132 valence electrons. The molecule has 9 heteroatoms. The number of aromatic amines is 2. The van der Waals surface area contributed by atoms with E-state index in [9.17, 15) is 4.79 Å². The molecular weight excluding hydrogens is 344 g/mol. The highest BCUT2D eigenvalue weighted by Crippen LogP contribution is 2.24. The van der Waals surface area contributed by atoms with E-state index in [1.807, 2.05) is 53.5 Å². The normalized spacial score (nSPS) is 11.3. The third-order valence-corrected chi connectivity index (χ3v) is 4.29. The van der Waals surface area contributed by atoms with E-state index in [-0.39, 0.29) is 5.69 Å². The number of imidazole rings is 1. The maximum atomic E-state index is 11.2. The zero-order chi connectivity index (χ0) is 18.2. The van der Waals surface area contributed by atoms with E-state index in [2.05, 4.69) is 30.2 Å². The summed E-state index contributed by atoms with van der Waals surface area (Å²) in [5, 5.41) is 10.7. The van der Waals surface area contributed by atoms with Gasteiger partial charge in [0.25, 0.3) is 0 Å². The molecule has 1 aromatic carbocycles. The van der Waals surface area contributed by atoms with Crippen molar-refractivity contribution in [1.29, 1.82) is 0 Å². The molecule has 0 unspecified atom stereocenters. The van der Waals surface area contributed by atoms with Crippen LogP contribution in [-0.4, -0.2) is 39.3 Å². The minimum Gasteiger partial charge on any atom is -0.323 e. The molecule has 0 aliphatic rings. The molecule has 5 rings (SSSR count). The van der Waals surface area contributed by atoms with Crippen molar-refractivity contribution in [3.05, 3.63) is 77.6 Å². The molecule has 0 aliphatic heterocycles. The second-order valence-corrected chi connectivity index (χ2v) is 6.04. The number of nitrogens with one attached hydrogen (secondary N) is 2. The molecule has 0 bridgehead atoms. The fraction of sp³-hybridized carbons (Fsp3) is 0.0556. The van der Waals surface area contributed by atoms with Crippen LogP contribution in [0.15, 0.2) is 66.1 Å².